The molecule has 4 rings (SSSR count). The summed E-state index contributed by atoms with van der Waals surface area (Å²) in [7, 11) is 0. The summed E-state index contributed by atoms with van der Waals surface area (Å²) in [6, 6.07) is 4.59. The van der Waals surface area contributed by atoms with Crippen LogP contribution in [0.5, 0.6) is 0 Å². The predicted molar refractivity (Wildman–Crippen MR) is 105 cm³/mol. The fourth-order valence-electron chi connectivity index (χ4n) is 5.49. The Morgan fingerprint density at radius 2 is 2.04 bits per heavy atom. The molecule has 3 nitrogen and oxygen atoms in total. The maximum Gasteiger partial charge on any atom is 0.224 e. The molecule has 0 radical (unpaired) electrons. The van der Waals surface area contributed by atoms with Gasteiger partial charge >= 0.3 is 0 Å². The van der Waals surface area contributed by atoms with Crippen molar-refractivity contribution in [1.29, 1.82) is 0 Å². The number of carbonyl (C=O) groups is 1. The number of hydrogen-bond acceptors (Lipinski definition) is 2. The summed E-state index contributed by atoms with van der Waals surface area (Å²) >= 11 is 0. The summed E-state index contributed by atoms with van der Waals surface area (Å²) in [5, 5.41) is 4.36. The number of hydrogen-bond donors (Lipinski definition) is 1. The van der Waals surface area contributed by atoms with Gasteiger partial charge in [-0.1, -0.05) is 20.3 Å². The minimum atomic E-state index is 0.120. The van der Waals surface area contributed by atoms with E-state index in [0.29, 0.717) is 18.3 Å². The zero-order valence-electron chi connectivity index (χ0n) is 16.5. The van der Waals surface area contributed by atoms with Crippen LogP contribution in [0.1, 0.15) is 69.1 Å². The number of fused-ring (bicyclic) bond motifs is 3. The highest BCUT2D eigenvalue weighted by atomic mass is 16.3. The standard InChI is InChI=1S/C23H31NO2/c1-13(2)19-11-21-18(12-26-22(21)7-14(19)3)10-23(25)24-15(4)20-9-16-5-6-17(20)8-16/h7,11-13,15-17,20H,5-6,8-10H2,1-4H3,(H,24,25)/t15-,16-,17-,20+/m0/s1. The molecule has 2 fully saturated rings. The molecule has 1 N–H and O–H groups in total. The molecule has 2 aliphatic carbocycles. The zero-order chi connectivity index (χ0) is 18.4. The van der Waals surface area contributed by atoms with Gasteiger partial charge in [-0.05, 0) is 80.0 Å². The third-order valence-corrected chi connectivity index (χ3v) is 6.84. The molecule has 2 aromatic rings. The summed E-state index contributed by atoms with van der Waals surface area (Å²) in [5.74, 6) is 3.01. The summed E-state index contributed by atoms with van der Waals surface area (Å²) in [4.78, 5) is 12.7. The fourth-order valence-corrected chi connectivity index (χ4v) is 5.49. The molecule has 1 amide bonds. The minimum absolute atomic E-state index is 0.120. The number of rotatable bonds is 5. The van der Waals surface area contributed by atoms with E-state index in [1.807, 2.05) is 0 Å². The number of benzene rings is 1. The monoisotopic (exact) mass is 353 g/mol. The molecule has 26 heavy (non-hydrogen) atoms. The van der Waals surface area contributed by atoms with E-state index < -0.39 is 0 Å². The van der Waals surface area contributed by atoms with Crippen LogP contribution in [-0.2, 0) is 11.2 Å². The molecule has 1 heterocycles. The third kappa shape index (κ3) is 3.17. The first-order chi connectivity index (χ1) is 12.4. The lowest BCUT2D eigenvalue weighted by Crippen LogP contribution is -2.40. The molecule has 4 atom stereocenters. The third-order valence-electron chi connectivity index (χ3n) is 6.84. The number of amides is 1. The summed E-state index contributed by atoms with van der Waals surface area (Å²) in [6.07, 6.45) is 7.61. The van der Waals surface area contributed by atoms with Crippen LogP contribution < -0.4 is 5.32 Å². The van der Waals surface area contributed by atoms with E-state index in [1.165, 1.54) is 36.8 Å². The van der Waals surface area contributed by atoms with Gasteiger partial charge in [-0.15, -0.1) is 0 Å². The van der Waals surface area contributed by atoms with Crippen LogP contribution in [0.25, 0.3) is 11.0 Å². The van der Waals surface area contributed by atoms with Crippen LogP contribution in [0.15, 0.2) is 22.8 Å². The second-order valence-corrected chi connectivity index (χ2v) is 8.99. The average molecular weight is 354 g/mol. The molecule has 0 spiro atoms. The van der Waals surface area contributed by atoms with E-state index in [0.717, 1.165) is 28.4 Å². The van der Waals surface area contributed by atoms with E-state index >= 15 is 0 Å². The largest absolute Gasteiger partial charge is 0.464 e. The maximum atomic E-state index is 12.7. The molecule has 2 aliphatic rings. The molecule has 3 heteroatoms. The number of nitrogens with one attached hydrogen (secondary N) is 1. The predicted octanol–water partition coefficient (Wildman–Crippen LogP) is 5.35. The molecular formula is C23H31NO2. The Labute approximate surface area is 156 Å². The minimum Gasteiger partial charge on any atom is -0.464 e. The van der Waals surface area contributed by atoms with Crippen LogP contribution >= 0.6 is 0 Å². The normalized spacial score (nSPS) is 26.0. The van der Waals surface area contributed by atoms with Gasteiger partial charge in [0.15, 0.2) is 0 Å². The smallest absolute Gasteiger partial charge is 0.224 e. The molecule has 2 saturated carbocycles. The van der Waals surface area contributed by atoms with Gasteiger partial charge in [0.2, 0.25) is 5.91 Å². The second kappa shape index (κ2) is 6.75. The Bertz CT molecular complexity index is 819. The summed E-state index contributed by atoms with van der Waals surface area (Å²) < 4.78 is 5.73. The van der Waals surface area contributed by atoms with Gasteiger partial charge in [0.05, 0.1) is 12.7 Å². The fraction of sp³-hybridized carbons (Fsp3) is 0.609. The van der Waals surface area contributed by atoms with E-state index in [4.69, 9.17) is 4.42 Å². The molecule has 2 bridgehead atoms. The molecule has 0 unspecified atom stereocenters. The molecule has 140 valence electrons. The number of furan rings is 1. The lowest BCUT2D eigenvalue weighted by atomic mass is 9.84. The lowest BCUT2D eigenvalue weighted by Gasteiger charge is -2.28. The molecular weight excluding hydrogens is 322 g/mol. The van der Waals surface area contributed by atoms with Gasteiger partial charge in [-0.2, -0.15) is 0 Å². The van der Waals surface area contributed by atoms with Crippen LogP contribution in [0, 0.1) is 24.7 Å². The van der Waals surface area contributed by atoms with Crippen LogP contribution in [0.2, 0.25) is 0 Å². The number of carbonyl (C=O) groups excluding carboxylic acids is 1. The highest BCUT2D eigenvalue weighted by Crippen LogP contribution is 2.49. The van der Waals surface area contributed by atoms with Gasteiger partial charge in [0, 0.05) is 17.0 Å². The van der Waals surface area contributed by atoms with Crippen molar-refractivity contribution in [2.45, 2.75) is 71.8 Å². The van der Waals surface area contributed by atoms with E-state index in [1.54, 1.807) is 6.26 Å². The van der Waals surface area contributed by atoms with E-state index in [2.05, 4.69) is 45.1 Å². The first kappa shape index (κ1) is 17.6. The summed E-state index contributed by atoms with van der Waals surface area (Å²) in [6.45, 7) is 8.73. The van der Waals surface area contributed by atoms with Crippen molar-refractivity contribution in [3.8, 4) is 0 Å². The molecule has 0 aliphatic heterocycles. The SMILES string of the molecule is Cc1cc2occ(CC(=O)N[C@@H](C)[C@H]3C[C@H]4CC[C@H]3C4)c2cc1C(C)C. The maximum absolute atomic E-state index is 12.7. The van der Waals surface area contributed by atoms with E-state index in [-0.39, 0.29) is 11.9 Å². The first-order valence-corrected chi connectivity index (χ1v) is 10.2. The van der Waals surface area contributed by atoms with Crippen molar-refractivity contribution >= 4 is 16.9 Å². The molecule has 1 aromatic carbocycles. The second-order valence-electron chi connectivity index (χ2n) is 8.99. The van der Waals surface area contributed by atoms with E-state index in [9.17, 15) is 4.79 Å². The summed E-state index contributed by atoms with van der Waals surface area (Å²) in [5.41, 5.74) is 4.47. The van der Waals surface area contributed by atoms with Gasteiger partial charge in [0.1, 0.15) is 5.58 Å². The number of aryl methyl sites for hydroxylation is 1. The Morgan fingerprint density at radius 3 is 2.69 bits per heavy atom. The van der Waals surface area contributed by atoms with Crippen molar-refractivity contribution in [3.63, 3.8) is 0 Å². The van der Waals surface area contributed by atoms with Gasteiger partial charge in [0.25, 0.3) is 0 Å². The van der Waals surface area contributed by atoms with Gasteiger partial charge < -0.3 is 9.73 Å². The van der Waals surface area contributed by atoms with Crippen molar-refractivity contribution in [2.24, 2.45) is 17.8 Å². The van der Waals surface area contributed by atoms with Crippen molar-refractivity contribution in [2.75, 3.05) is 0 Å². The first-order valence-electron chi connectivity index (χ1n) is 10.2. The Hall–Kier alpha value is -1.77. The average Bonchev–Trinajstić information content (AvgIpc) is 3.29. The Kier molecular flexibility index (Phi) is 4.58. The topological polar surface area (TPSA) is 42.2 Å². The lowest BCUT2D eigenvalue weighted by molar-refractivity contribution is -0.121. The highest BCUT2D eigenvalue weighted by molar-refractivity contribution is 5.88. The van der Waals surface area contributed by atoms with Crippen LogP contribution in [0.4, 0.5) is 0 Å². The molecule has 1 aromatic heterocycles. The van der Waals surface area contributed by atoms with Crippen molar-refractivity contribution in [1.82, 2.24) is 5.32 Å². The van der Waals surface area contributed by atoms with Crippen molar-refractivity contribution in [3.05, 3.63) is 35.1 Å². The molecule has 0 saturated heterocycles. The van der Waals surface area contributed by atoms with Gasteiger partial charge in [-0.3, -0.25) is 4.79 Å². The van der Waals surface area contributed by atoms with Crippen LogP contribution in [0.3, 0.4) is 0 Å². The quantitative estimate of drug-likeness (QED) is 0.787. The zero-order valence-corrected chi connectivity index (χ0v) is 16.5. The highest BCUT2D eigenvalue weighted by Gasteiger charge is 2.42. The van der Waals surface area contributed by atoms with Gasteiger partial charge in [-0.25, -0.2) is 0 Å². The Balaban J connectivity index is 1.46. The van der Waals surface area contributed by atoms with Crippen molar-refractivity contribution < 1.29 is 9.21 Å². The Morgan fingerprint density at radius 1 is 1.23 bits per heavy atom. The van der Waals surface area contributed by atoms with Crippen LogP contribution in [-0.4, -0.2) is 11.9 Å².